The Balaban J connectivity index is 1.54. The molecule has 1 aromatic carbocycles. The predicted molar refractivity (Wildman–Crippen MR) is 91.4 cm³/mol. The molecule has 1 aliphatic heterocycles. The van der Waals surface area contributed by atoms with Crippen molar-refractivity contribution in [2.24, 2.45) is 10.8 Å². The number of hydrogen-bond donors (Lipinski definition) is 2. The molecular weight excluding hydrogens is 288 g/mol. The fourth-order valence-corrected chi connectivity index (χ4v) is 4.78. The van der Waals surface area contributed by atoms with E-state index in [2.05, 4.69) is 31.0 Å². The number of rotatable bonds is 3. The summed E-state index contributed by atoms with van der Waals surface area (Å²) in [7, 11) is 0. The lowest BCUT2D eigenvalue weighted by Gasteiger charge is -2.39. The van der Waals surface area contributed by atoms with E-state index >= 15 is 0 Å². The van der Waals surface area contributed by atoms with Crippen LogP contribution >= 0.6 is 0 Å². The fraction of sp³-hybridized carbons (Fsp3) is 0.632. The Morgan fingerprint density at radius 1 is 1.26 bits per heavy atom. The maximum absolute atomic E-state index is 12.6. The van der Waals surface area contributed by atoms with Gasteiger partial charge in [-0.05, 0) is 54.2 Å². The van der Waals surface area contributed by atoms with Crippen molar-refractivity contribution >= 4 is 6.03 Å². The number of carbonyl (C=O) groups is 1. The van der Waals surface area contributed by atoms with Crippen molar-refractivity contribution in [1.82, 2.24) is 10.2 Å². The van der Waals surface area contributed by atoms with Gasteiger partial charge in [-0.15, -0.1) is 0 Å². The van der Waals surface area contributed by atoms with Crippen LogP contribution in [0.2, 0.25) is 0 Å². The van der Waals surface area contributed by atoms with Gasteiger partial charge in [-0.2, -0.15) is 0 Å². The van der Waals surface area contributed by atoms with E-state index in [1.165, 1.54) is 6.42 Å². The summed E-state index contributed by atoms with van der Waals surface area (Å²) < 4.78 is 0. The van der Waals surface area contributed by atoms with Crippen LogP contribution < -0.4 is 5.32 Å². The Morgan fingerprint density at radius 3 is 2.65 bits per heavy atom. The molecule has 2 atom stereocenters. The summed E-state index contributed by atoms with van der Waals surface area (Å²) in [6, 6.07) is 7.63. The van der Waals surface area contributed by atoms with Gasteiger partial charge in [0, 0.05) is 19.1 Å². The molecule has 23 heavy (non-hydrogen) atoms. The van der Waals surface area contributed by atoms with Crippen LogP contribution in [0.15, 0.2) is 24.3 Å². The second-order valence-corrected chi connectivity index (χ2v) is 8.49. The first-order chi connectivity index (χ1) is 10.8. The molecule has 2 bridgehead atoms. The third kappa shape index (κ3) is 3.62. The average Bonchev–Trinajstić information content (AvgIpc) is 2.70. The summed E-state index contributed by atoms with van der Waals surface area (Å²) in [6.45, 7) is 8.48. The quantitative estimate of drug-likeness (QED) is 0.896. The molecule has 2 fully saturated rings. The standard InChI is InChI=1S/C19H28N2O2/c1-18(2)10-15-11-19(3,12-18)13-21(15)17(23)20-9-8-14-4-6-16(22)7-5-14/h4-7,15,22H,8-13H2,1-3H3,(H,20,23). The monoisotopic (exact) mass is 316 g/mol. The van der Waals surface area contributed by atoms with Crippen LogP contribution in [0.5, 0.6) is 5.75 Å². The van der Waals surface area contributed by atoms with Crippen LogP contribution in [0.3, 0.4) is 0 Å². The van der Waals surface area contributed by atoms with E-state index in [9.17, 15) is 9.90 Å². The van der Waals surface area contributed by atoms with Crippen LogP contribution in [0.25, 0.3) is 0 Å². The van der Waals surface area contributed by atoms with Crippen molar-refractivity contribution in [2.75, 3.05) is 13.1 Å². The number of amides is 2. The van der Waals surface area contributed by atoms with Crippen LogP contribution in [-0.2, 0) is 6.42 Å². The van der Waals surface area contributed by atoms with E-state index in [0.29, 0.717) is 18.0 Å². The Morgan fingerprint density at radius 2 is 1.96 bits per heavy atom. The molecule has 0 radical (unpaired) electrons. The van der Waals surface area contributed by atoms with E-state index in [1.807, 2.05) is 12.1 Å². The molecule has 0 aromatic heterocycles. The minimum absolute atomic E-state index is 0.0789. The number of phenolic OH excluding ortho intramolecular Hbond substituents is 1. The third-order valence-electron chi connectivity index (χ3n) is 5.30. The van der Waals surface area contributed by atoms with Crippen molar-refractivity contribution in [3.8, 4) is 5.75 Å². The number of urea groups is 1. The molecule has 2 aliphatic rings. The zero-order valence-electron chi connectivity index (χ0n) is 14.4. The number of benzene rings is 1. The molecule has 126 valence electrons. The summed E-state index contributed by atoms with van der Waals surface area (Å²) >= 11 is 0. The minimum atomic E-state index is 0.0789. The number of aromatic hydroxyl groups is 1. The SMILES string of the molecule is CC1(C)CC2CC(C)(CN2C(=O)NCCc2ccc(O)cc2)C1. The van der Waals surface area contributed by atoms with Crippen molar-refractivity contribution in [3.63, 3.8) is 0 Å². The van der Waals surface area contributed by atoms with E-state index < -0.39 is 0 Å². The highest BCUT2D eigenvalue weighted by Gasteiger charge is 2.50. The lowest BCUT2D eigenvalue weighted by Crippen LogP contribution is -2.44. The molecule has 1 saturated carbocycles. The molecule has 0 spiro atoms. The number of likely N-dealkylation sites (tertiary alicyclic amines) is 1. The van der Waals surface area contributed by atoms with Gasteiger partial charge in [0.05, 0.1) is 0 Å². The lowest BCUT2D eigenvalue weighted by atomic mass is 9.65. The molecule has 2 amide bonds. The van der Waals surface area contributed by atoms with E-state index in [1.54, 1.807) is 12.1 Å². The van der Waals surface area contributed by atoms with Gasteiger partial charge in [-0.3, -0.25) is 0 Å². The molecule has 2 unspecified atom stereocenters. The van der Waals surface area contributed by atoms with E-state index in [-0.39, 0.29) is 17.2 Å². The second-order valence-electron chi connectivity index (χ2n) is 8.49. The van der Waals surface area contributed by atoms with Gasteiger partial charge >= 0.3 is 6.03 Å². The van der Waals surface area contributed by atoms with Crippen LogP contribution in [-0.4, -0.2) is 35.2 Å². The van der Waals surface area contributed by atoms with Crippen molar-refractivity contribution in [3.05, 3.63) is 29.8 Å². The molecule has 4 heteroatoms. The lowest BCUT2D eigenvalue weighted by molar-refractivity contribution is 0.129. The summed E-state index contributed by atoms with van der Waals surface area (Å²) in [4.78, 5) is 14.6. The Labute approximate surface area is 138 Å². The van der Waals surface area contributed by atoms with Crippen molar-refractivity contribution in [1.29, 1.82) is 0 Å². The summed E-state index contributed by atoms with van der Waals surface area (Å²) in [5.74, 6) is 0.276. The number of nitrogens with one attached hydrogen (secondary N) is 1. The Bertz CT molecular complexity index is 582. The zero-order valence-corrected chi connectivity index (χ0v) is 14.4. The van der Waals surface area contributed by atoms with Gasteiger partial charge in [0.1, 0.15) is 5.75 Å². The first-order valence-corrected chi connectivity index (χ1v) is 8.59. The second kappa shape index (κ2) is 5.73. The Kier molecular flexibility index (Phi) is 4.03. The fourth-order valence-electron chi connectivity index (χ4n) is 4.78. The topological polar surface area (TPSA) is 52.6 Å². The van der Waals surface area contributed by atoms with Crippen LogP contribution in [0.4, 0.5) is 4.79 Å². The first-order valence-electron chi connectivity index (χ1n) is 8.59. The third-order valence-corrected chi connectivity index (χ3v) is 5.30. The molecule has 1 saturated heterocycles. The smallest absolute Gasteiger partial charge is 0.317 e. The normalized spacial score (nSPS) is 28.7. The van der Waals surface area contributed by atoms with Gasteiger partial charge in [0.15, 0.2) is 0 Å². The minimum Gasteiger partial charge on any atom is -0.508 e. The number of phenols is 1. The highest BCUT2D eigenvalue weighted by atomic mass is 16.3. The molecular formula is C19H28N2O2. The number of fused-ring (bicyclic) bond motifs is 2. The van der Waals surface area contributed by atoms with Gasteiger partial charge in [-0.25, -0.2) is 4.79 Å². The van der Waals surface area contributed by atoms with E-state index in [4.69, 9.17) is 0 Å². The molecule has 4 nitrogen and oxygen atoms in total. The Hall–Kier alpha value is -1.71. The summed E-state index contributed by atoms with van der Waals surface area (Å²) in [5.41, 5.74) is 1.73. The molecule has 2 N–H and O–H groups in total. The molecule has 3 rings (SSSR count). The van der Waals surface area contributed by atoms with E-state index in [0.717, 1.165) is 31.4 Å². The van der Waals surface area contributed by atoms with Crippen molar-refractivity contribution in [2.45, 2.75) is 52.5 Å². The van der Waals surface area contributed by atoms with Crippen molar-refractivity contribution < 1.29 is 9.90 Å². The summed E-state index contributed by atoms with van der Waals surface area (Å²) in [5, 5.41) is 12.4. The predicted octanol–water partition coefficient (Wildman–Crippen LogP) is 3.54. The maximum atomic E-state index is 12.6. The molecule has 1 heterocycles. The highest BCUT2D eigenvalue weighted by Crippen LogP contribution is 2.52. The van der Waals surface area contributed by atoms with Crippen LogP contribution in [0.1, 0.15) is 45.6 Å². The van der Waals surface area contributed by atoms with Gasteiger partial charge in [0.2, 0.25) is 0 Å². The van der Waals surface area contributed by atoms with Crippen LogP contribution in [0, 0.1) is 10.8 Å². The largest absolute Gasteiger partial charge is 0.508 e. The zero-order chi connectivity index (χ0) is 16.7. The number of hydrogen-bond acceptors (Lipinski definition) is 2. The van der Waals surface area contributed by atoms with Gasteiger partial charge < -0.3 is 15.3 Å². The average molecular weight is 316 g/mol. The summed E-state index contributed by atoms with van der Waals surface area (Å²) in [6.07, 6.45) is 4.23. The van der Waals surface area contributed by atoms with Gasteiger partial charge in [-0.1, -0.05) is 32.9 Å². The first kappa shape index (κ1) is 16.2. The molecule has 1 aliphatic carbocycles. The molecule has 1 aromatic rings. The maximum Gasteiger partial charge on any atom is 0.317 e. The highest BCUT2D eigenvalue weighted by molar-refractivity contribution is 5.75. The van der Waals surface area contributed by atoms with Gasteiger partial charge in [0.25, 0.3) is 0 Å². The number of carbonyl (C=O) groups excluding carboxylic acids is 1. The number of nitrogens with zero attached hydrogens (tertiary/aromatic N) is 1.